The average molecular weight is 315 g/mol. The van der Waals surface area contributed by atoms with E-state index in [2.05, 4.69) is 31.0 Å². The molecule has 0 saturated heterocycles. The number of rotatable bonds is 6. The van der Waals surface area contributed by atoms with E-state index in [1.807, 2.05) is 17.9 Å². The van der Waals surface area contributed by atoms with E-state index in [1.165, 1.54) is 5.56 Å². The van der Waals surface area contributed by atoms with Gasteiger partial charge in [0.25, 0.3) is 0 Å². The number of likely N-dealkylation sites (N-methyl/N-ethyl adjacent to an activating group) is 2. The number of carbonyl (C=O) groups is 1. The van der Waals surface area contributed by atoms with Gasteiger partial charge in [0.1, 0.15) is 6.26 Å². The Morgan fingerprint density at radius 1 is 1.26 bits per heavy atom. The van der Waals surface area contributed by atoms with Crippen molar-refractivity contribution in [2.24, 2.45) is 0 Å². The van der Waals surface area contributed by atoms with Crippen molar-refractivity contribution in [1.82, 2.24) is 14.8 Å². The maximum absolute atomic E-state index is 11.8. The molecule has 0 unspecified atom stereocenters. The second-order valence-corrected chi connectivity index (χ2v) is 6.05. The molecule has 124 valence electrons. The van der Waals surface area contributed by atoms with E-state index < -0.39 is 0 Å². The third-order valence-corrected chi connectivity index (χ3v) is 3.85. The number of nitrogens with zero attached hydrogens (tertiary/aromatic N) is 3. The fraction of sp³-hybridized carbons (Fsp3) is 0.444. The Hall–Kier alpha value is -2.14. The van der Waals surface area contributed by atoms with Crippen LogP contribution in [0.5, 0.6) is 0 Å². The third-order valence-electron chi connectivity index (χ3n) is 3.85. The van der Waals surface area contributed by atoms with Gasteiger partial charge in [0, 0.05) is 26.2 Å². The minimum Gasteiger partial charge on any atom is -0.444 e. The summed E-state index contributed by atoms with van der Waals surface area (Å²) in [6.07, 6.45) is 1.68. The van der Waals surface area contributed by atoms with Gasteiger partial charge in [0.2, 0.25) is 11.8 Å². The van der Waals surface area contributed by atoms with E-state index in [1.54, 1.807) is 25.3 Å². The molecule has 23 heavy (non-hydrogen) atoms. The monoisotopic (exact) mass is 315 g/mol. The molecule has 1 amide bonds. The van der Waals surface area contributed by atoms with Gasteiger partial charge in [0.15, 0.2) is 0 Å². The highest BCUT2D eigenvalue weighted by atomic mass is 16.3. The van der Waals surface area contributed by atoms with E-state index in [9.17, 15) is 4.79 Å². The highest BCUT2D eigenvalue weighted by Gasteiger charge is 2.15. The largest absolute Gasteiger partial charge is 0.444 e. The molecular weight excluding hydrogens is 290 g/mol. The van der Waals surface area contributed by atoms with E-state index in [0.29, 0.717) is 19.0 Å². The number of benzene rings is 1. The van der Waals surface area contributed by atoms with Gasteiger partial charge in [-0.25, -0.2) is 4.98 Å². The van der Waals surface area contributed by atoms with Crippen molar-refractivity contribution in [3.8, 4) is 11.5 Å². The number of hydrogen-bond donors (Lipinski definition) is 0. The first kappa shape index (κ1) is 17.2. The lowest BCUT2D eigenvalue weighted by atomic mass is 10.1. The molecule has 5 heteroatoms. The second-order valence-electron chi connectivity index (χ2n) is 6.05. The van der Waals surface area contributed by atoms with Crippen molar-refractivity contribution >= 4 is 5.91 Å². The van der Waals surface area contributed by atoms with Crippen molar-refractivity contribution in [1.29, 1.82) is 0 Å². The molecule has 0 spiro atoms. The predicted octanol–water partition coefficient (Wildman–Crippen LogP) is 2.87. The first-order valence-electron chi connectivity index (χ1n) is 7.85. The lowest BCUT2D eigenvalue weighted by Crippen LogP contribution is -2.36. The van der Waals surface area contributed by atoms with E-state index >= 15 is 0 Å². The van der Waals surface area contributed by atoms with Gasteiger partial charge in [-0.05, 0) is 32.0 Å². The van der Waals surface area contributed by atoms with E-state index in [4.69, 9.17) is 4.42 Å². The van der Waals surface area contributed by atoms with Crippen molar-refractivity contribution in [2.45, 2.75) is 27.3 Å². The third kappa shape index (κ3) is 4.42. The molecule has 0 atom stereocenters. The van der Waals surface area contributed by atoms with E-state index in [-0.39, 0.29) is 5.91 Å². The molecule has 0 N–H and O–H groups in total. The molecular formula is C18H25N3O2. The zero-order chi connectivity index (χ0) is 17.0. The van der Waals surface area contributed by atoms with Crippen molar-refractivity contribution < 1.29 is 9.21 Å². The number of hydrogen-bond acceptors (Lipinski definition) is 4. The molecule has 0 aliphatic carbocycles. The van der Waals surface area contributed by atoms with Gasteiger partial charge in [-0.15, -0.1) is 0 Å². The summed E-state index contributed by atoms with van der Waals surface area (Å²) in [5.74, 6) is 0.720. The molecule has 0 saturated carbocycles. The highest BCUT2D eigenvalue weighted by molar-refractivity contribution is 5.77. The molecule has 0 radical (unpaired) electrons. The first-order chi connectivity index (χ1) is 10.9. The Morgan fingerprint density at radius 2 is 2.00 bits per heavy atom. The molecule has 2 rings (SSSR count). The maximum atomic E-state index is 11.8. The van der Waals surface area contributed by atoms with Crippen LogP contribution in [-0.4, -0.2) is 47.9 Å². The topological polar surface area (TPSA) is 49.6 Å². The molecule has 1 aromatic heterocycles. The summed E-state index contributed by atoms with van der Waals surface area (Å²) in [5.41, 5.74) is 4.22. The van der Waals surface area contributed by atoms with Crippen LogP contribution in [0, 0.1) is 13.8 Å². The Labute approximate surface area is 137 Å². The Morgan fingerprint density at radius 3 is 2.61 bits per heavy atom. The van der Waals surface area contributed by atoms with Crippen LogP contribution < -0.4 is 0 Å². The normalized spacial score (nSPS) is 11.0. The molecule has 0 bridgehead atoms. The van der Waals surface area contributed by atoms with Crippen LogP contribution in [0.1, 0.15) is 23.7 Å². The highest BCUT2D eigenvalue weighted by Crippen LogP contribution is 2.23. The smallest absolute Gasteiger partial charge is 0.236 e. The summed E-state index contributed by atoms with van der Waals surface area (Å²) in [7, 11) is 3.54. The van der Waals surface area contributed by atoms with Crippen LogP contribution in [0.15, 0.2) is 28.9 Å². The molecule has 2 aromatic rings. The Balaban J connectivity index is 2.10. The van der Waals surface area contributed by atoms with Crippen LogP contribution >= 0.6 is 0 Å². The summed E-state index contributed by atoms with van der Waals surface area (Å²) in [6, 6.07) is 6.21. The lowest BCUT2D eigenvalue weighted by molar-refractivity contribution is -0.130. The summed E-state index contributed by atoms with van der Waals surface area (Å²) in [5, 5.41) is 0. The van der Waals surface area contributed by atoms with Gasteiger partial charge < -0.3 is 9.32 Å². The average Bonchev–Trinajstić information content (AvgIpc) is 2.94. The standard InChI is InChI=1S/C18H25N3O2/c1-6-21(11-17(22)20(4)5)10-15-12-23-18(19-15)16-8-7-13(2)9-14(16)3/h7-9,12H,6,10-11H2,1-5H3. The second kappa shape index (κ2) is 7.42. The van der Waals surface area contributed by atoms with Crippen LogP contribution in [0.3, 0.4) is 0 Å². The summed E-state index contributed by atoms with van der Waals surface area (Å²) in [4.78, 5) is 20.1. The molecule has 1 aromatic carbocycles. The summed E-state index contributed by atoms with van der Waals surface area (Å²) < 4.78 is 5.64. The summed E-state index contributed by atoms with van der Waals surface area (Å²) >= 11 is 0. The van der Waals surface area contributed by atoms with Crippen LogP contribution in [0.4, 0.5) is 0 Å². The number of aromatic nitrogens is 1. The predicted molar refractivity (Wildman–Crippen MR) is 91.1 cm³/mol. The van der Waals surface area contributed by atoms with Gasteiger partial charge in [-0.1, -0.05) is 24.6 Å². The molecule has 0 aliphatic rings. The minimum atomic E-state index is 0.0879. The van der Waals surface area contributed by atoms with Crippen molar-refractivity contribution in [3.63, 3.8) is 0 Å². The van der Waals surface area contributed by atoms with Gasteiger partial charge in [-0.2, -0.15) is 0 Å². The van der Waals surface area contributed by atoms with Crippen LogP contribution in [0.2, 0.25) is 0 Å². The van der Waals surface area contributed by atoms with Gasteiger partial charge in [0.05, 0.1) is 12.2 Å². The number of oxazole rings is 1. The summed E-state index contributed by atoms with van der Waals surface area (Å²) in [6.45, 7) is 7.93. The molecule has 0 fully saturated rings. The van der Waals surface area contributed by atoms with Crippen molar-refractivity contribution in [3.05, 3.63) is 41.3 Å². The Kier molecular flexibility index (Phi) is 5.55. The maximum Gasteiger partial charge on any atom is 0.236 e. The quantitative estimate of drug-likeness (QED) is 0.822. The van der Waals surface area contributed by atoms with Crippen molar-refractivity contribution in [2.75, 3.05) is 27.2 Å². The van der Waals surface area contributed by atoms with Crippen LogP contribution in [-0.2, 0) is 11.3 Å². The van der Waals surface area contributed by atoms with E-state index in [0.717, 1.165) is 23.4 Å². The SMILES string of the molecule is CCN(CC(=O)N(C)C)Cc1coc(-c2ccc(C)cc2C)n1. The van der Waals surface area contributed by atoms with Crippen LogP contribution in [0.25, 0.3) is 11.5 Å². The minimum absolute atomic E-state index is 0.0879. The zero-order valence-electron chi connectivity index (χ0n) is 14.6. The fourth-order valence-electron chi connectivity index (χ4n) is 2.40. The Bertz CT molecular complexity index is 677. The number of aryl methyl sites for hydroxylation is 2. The zero-order valence-corrected chi connectivity index (χ0v) is 14.6. The lowest BCUT2D eigenvalue weighted by Gasteiger charge is -2.20. The molecule has 5 nitrogen and oxygen atoms in total. The van der Waals surface area contributed by atoms with Gasteiger partial charge >= 0.3 is 0 Å². The fourth-order valence-corrected chi connectivity index (χ4v) is 2.40. The van der Waals surface area contributed by atoms with Gasteiger partial charge in [-0.3, -0.25) is 9.69 Å². The number of carbonyl (C=O) groups excluding carboxylic acids is 1. The molecule has 1 heterocycles. The first-order valence-corrected chi connectivity index (χ1v) is 7.85. The molecule has 0 aliphatic heterocycles. The number of amides is 1.